The van der Waals surface area contributed by atoms with E-state index >= 15 is 0 Å². The maximum atomic E-state index is 5.86. The van der Waals surface area contributed by atoms with E-state index in [0.717, 1.165) is 36.8 Å². The number of nitrogens with one attached hydrogen (secondary N) is 1. The quantitative estimate of drug-likeness (QED) is 0.780. The van der Waals surface area contributed by atoms with Crippen molar-refractivity contribution in [2.75, 3.05) is 18.0 Å². The van der Waals surface area contributed by atoms with Crippen LogP contribution in [0.2, 0.25) is 0 Å². The Hall–Kier alpha value is -1.95. The third kappa shape index (κ3) is 1.99. The molecular weight excluding hydrogens is 216 g/mol. The van der Waals surface area contributed by atoms with Gasteiger partial charge in [-0.05, 0) is 18.6 Å². The van der Waals surface area contributed by atoms with Gasteiger partial charge in [-0.2, -0.15) is 4.98 Å². The summed E-state index contributed by atoms with van der Waals surface area (Å²) in [5.74, 6) is 1.49. The molecule has 0 bridgehead atoms. The number of anilines is 1. The summed E-state index contributed by atoms with van der Waals surface area (Å²) in [6, 6.07) is 4.04. The van der Waals surface area contributed by atoms with E-state index in [1.165, 1.54) is 0 Å². The summed E-state index contributed by atoms with van der Waals surface area (Å²) in [4.78, 5) is 10.6. The van der Waals surface area contributed by atoms with Crippen molar-refractivity contribution >= 4 is 5.95 Å². The van der Waals surface area contributed by atoms with Crippen molar-refractivity contribution in [3.63, 3.8) is 0 Å². The molecule has 17 heavy (non-hydrogen) atoms. The monoisotopic (exact) mass is 230 g/mol. The van der Waals surface area contributed by atoms with Gasteiger partial charge in [0.25, 0.3) is 0 Å². The van der Waals surface area contributed by atoms with Crippen LogP contribution >= 0.6 is 0 Å². The number of pyridine rings is 1. The lowest BCUT2D eigenvalue weighted by Gasteiger charge is -2.11. The van der Waals surface area contributed by atoms with Gasteiger partial charge in [0.2, 0.25) is 5.95 Å². The molecule has 1 atom stereocenters. The Labute approximate surface area is 98.9 Å². The first-order valence-corrected chi connectivity index (χ1v) is 5.66. The molecule has 1 fully saturated rings. The van der Waals surface area contributed by atoms with Crippen LogP contribution in [0.5, 0.6) is 0 Å². The molecule has 1 unspecified atom stereocenters. The van der Waals surface area contributed by atoms with Gasteiger partial charge < -0.3 is 10.6 Å². The minimum atomic E-state index is 0.234. The van der Waals surface area contributed by atoms with Gasteiger partial charge >= 0.3 is 0 Å². The van der Waals surface area contributed by atoms with E-state index in [9.17, 15) is 0 Å². The fourth-order valence-corrected chi connectivity index (χ4v) is 2.00. The predicted octanol–water partition coefficient (Wildman–Crippen LogP) is 0.404. The van der Waals surface area contributed by atoms with Crippen LogP contribution in [-0.2, 0) is 0 Å². The first-order valence-electron chi connectivity index (χ1n) is 5.66. The summed E-state index contributed by atoms with van der Waals surface area (Å²) in [5, 5.41) is 7.17. The topological polar surface area (TPSA) is 83.7 Å². The van der Waals surface area contributed by atoms with Crippen LogP contribution in [0.15, 0.2) is 24.5 Å². The van der Waals surface area contributed by atoms with Crippen LogP contribution in [0, 0.1) is 0 Å². The number of rotatable bonds is 2. The highest BCUT2D eigenvalue weighted by atomic mass is 15.4. The van der Waals surface area contributed by atoms with E-state index in [1.807, 2.05) is 12.1 Å². The zero-order chi connectivity index (χ0) is 11.7. The van der Waals surface area contributed by atoms with Gasteiger partial charge in [-0.1, -0.05) is 0 Å². The van der Waals surface area contributed by atoms with Gasteiger partial charge in [-0.15, -0.1) is 5.10 Å². The Morgan fingerprint density at radius 2 is 2.18 bits per heavy atom. The number of hydrogen-bond donors (Lipinski definition) is 2. The SMILES string of the molecule is NC1CCN(c2n[nH]c(-c3ccncc3)n2)C1. The second kappa shape index (κ2) is 4.14. The van der Waals surface area contributed by atoms with Crippen LogP contribution in [-0.4, -0.2) is 39.3 Å². The second-order valence-electron chi connectivity index (χ2n) is 4.21. The lowest BCUT2D eigenvalue weighted by molar-refractivity contribution is 0.750. The molecule has 6 nitrogen and oxygen atoms in total. The van der Waals surface area contributed by atoms with Crippen LogP contribution in [0.4, 0.5) is 5.95 Å². The number of nitrogens with zero attached hydrogens (tertiary/aromatic N) is 4. The van der Waals surface area contributed by atoms with E-state index in [1.54, 1.807) is 12.4 Å². The molecule has 0 aliphatic carbocycles. The van der Waals surface area contributed by atoms with Crippen molar-refractivity contribution in [3.05, 3.63) is 24.5 Å². The van der Waals surface area contributed by atoms with Crippen molar-refractivity contribution in [1.29, 1.82) is 0 Å². The van der Waals surface area contributed by atoms with Gasteiger partial charge in [0, 0.05) is 37.1 Å². The van der Waals surface area contributed by atoms with Crippen molar-refractivity contribution in [1.82, 2.24) is 20.2 Å². The minimum absolute atomic E-state index is 0.234. The maximum Gasteiger partial charge on any atom is 0.245 e. The highest BCUT2D eigenvalue weighted by Gasteiger charge is 2.22. The molecule has 2 aromatic rings. The normalized spacial score (nSPS) is 19.8. The molecule has 0 spiro atoms. The first kappa shape index (κ1) is 10.2. The highest BCUT2D eigenvalue weighted by molar-refractivity contribution is 5.55. The van der Waals surface area contributed by atoms with Crippen molar-refractivity contribution in [3.8, 4) is 11.4 Å². The minimum Gasteiger partial charge on any atom is -0.338 e. The largest absolute Gasteiger partial charge is 0.338 e. The molecule has 6 heteroatoms. The number of aromatic nitrogens is 4. The molecule has 1 aliphatic heterocycles. The Balaban J connectivity index is 1.84. The van der Waals surface area contributed by atoms with Crippen LogP contribution in [0.3, 0.4) is 0 Å². The van der Waals surface area contributed by atoms with Crippen molar-refractivity contribution < 1.29 is 0 Å². The molecule has 3 rings (SSSR count). The molecule has 0 amide bonds. The highest BCUT2D eigenvalue weighted by Crippen LogP contribution is 2.19. The third-order valence-electron chi connectivity index (χ3n) is 2.93. The average Bonchev–Trinajstić information content (AvgIpc) is 2.98. The molecule has 3 N–H and O–H groups in total. The van der Waals surface area contributed by atoms with Gasteiger partial charge in [0.15, 0.2) is 5.82 Å². The van der Waals surface area contributed by atoms with Crippen LogP contribution < -0.4 is 10.6 Å². The maximum absolute atomic E-state index is 5.86. The summed E-state index contributed by atoms with van der Waals surface area (Å²) in [5.41, 5.74) is 6.85. The van der Waals surface area contributed by atoms with E-state index in [-0.39, 0.29) is 6.04 Å². The number of hydrogen-bond acceptors (Lipinski definition) is 5. The zero-order valence-electron chi connectivity index (χ0n) is 9.37. The lowest BCUT2D eigenvalue weighted by atomic mass is 10.3. The van der Waals surface area contributed by atoms with Crippen molar-refractivity contribution in [2.45, 2.75) is 12.5 Å². The average molecular weight is 230 g/mol. The van der Waals surface area contributed by atoms with E-state index in [2.05, 4.69) is 25.1 Å². The summed E-state index contributed by atoms with van der Waals surface area (Å²) < 4.78 is 0. The van der Waals surface area contributed by atoms with Crippen LogP contribution in [0.1, 0.15) is 6.42 Å². The van der Waals surface area contributed by atoms with Crippen LogP contribution in [0.25, 0.3) is 11.4 Å². The molecular formula is C11H14N6. The Bertz CT molecular complexity index is 494. The van der Waals surface area contributed by atoms with E-state index < -0.39 is 0 Å². The van der Waals surface area contributed by atoms with Gasteiger partial charge in [-0.3, -0.25) is 10.1 Å². The Morgan fingerprint density at radius 1 is 1.35 bits per heavy atom. The summed E-state index contributed by atoms with van der Waals surface area (Å²) in [6.07, 6.45) is 4.48. The van der Waals surface area contributed by atoms with Crippen molar-refractivity contribution in [2.24, 2.45) is 5.73 Å². The summed E-state index contributed by atoms with van der Waals surface area (Å²) in [7, 11) is 0. The summed E-state index contributed by atoms with van der Waals surface area (Å²) in [6.45, 7) is 1.75. The second-order valence-corrected chi connectivity index (χ2v) is 4.21. The standard InChI is InChI=1S/C11H14N6/c12-9-3-6-17(7-9)11-14-10(15-16-11)8-1-4-13-5-2-8/h1-2,4-5,9H,3,6-7,12H2,(H,14,15,16). The summed E-state index contributed by atoms with van der Waals surface area (Å²) >= 11 is 0. The lowest BCUT2D eigenvalue weighted by Crippen LogP contribution is -2.26. The molecule has 0 saturated carbocycles. The molecule has 2 aromatic heterocycles. The number of nitrogens with two attached hydrogens (primary N) is 1. The van der Waals surface area contributed by atoms with E-state index in [4.69, 9.17) is 5.73 Å². The Kier molecular flexibility index (Phi) is 2.49. The molecule has 1 saturated heterocycles. The predicted molar refractivity (Wildman–Crippen MR) is 64.4 cm³/mol. The zero-order valence-corrected chi connectivity index (χ0v) is 9.37. The molecule has 1 aliphatic rings. The molecule has 88 valence electrons. The molecule has 3 heterocycles. The molecule has 0 aromatic carbocycles. The number of aromatic amines is 1. The fraction of sp³-hybridized carbons (Fsp3) is 0.364. The smallest absolute Gasteiger partial charge is 0.245 e. The third-order valence-corrected chi connectivity index (χ3v) is 2.93. The molecule has 0 radical (unpaired) electrons. The van der Waals surface area contributed by atoms with E-state index in [0.29, 0.717) is 0 Å². The van der Waals surface area contributed by atoms with Gasteiger partial charge in [0.1, 0.15) is 0 Å². The fourth-order valence-electron chi connectivity index (χ4n) is 2.00. The van der Waals surface area contributed by atoms with Gasteiger partial charge in [-0.25, -0.2) is 0 Å². The number of H-pyrrole nitrogens is 1. The first-order chi connectivity index (χ1) is 8.33. The Morgan fingerprint density at radius 3 is 2.88 bits per heavy atom. The van der Waals surface area contributed by atoms with Gasteiger partial charge in [0.05, 0.1) is 0 Å².